The van der Waals surface area contributed by atoms with E-state index in [1.165, 1.54) is 0 Å². The molecular weight excluding hydrogens is 366 g/mol. The van der Waals surface area contributed by atoms with E-state index in [2.05, 4.69) is 44.7 Å². The van der Waals surface area contributed by atoms with Crippen LogP contribution in [0.5, 0.6) is 5.88 Å². The van der Waals surface area contributed by atoms with Gasteiger partial charge in [0.1, 0.15) is 11.9 Å². The molecule has 0 spiro atoms. The fraction of sp³-hybridized carbons (Fsp3) is 0.364. The molecule has 3 aromatic rings. The number of nitrogens with one attached hydrogen (secondary N) is 1. The molecule has 0 saturated carbocycles. The van der Waals surface area contributed by atoms with Crippen LogP contribution in [0, 0.1) is 0 Å². The van der Waals surface area contributed by atoms with Gasteiger partial charge in [0, 0.05) is 30.4 Å². The lowest BCUT2D eigenvalue weighted by Gasteiger charge is -2.39. The quantitative estimate of drug-likeness (QED) is 0.494. The van der Waals surface area contributed by atoms with E-state index < -0.39 is 0 Å². The summed E-state index contributed by atoms with van der Waals surface area (Å²) < 4.78 is 8.11. The van der Waals surface area contributed by atoms with Gasteiger partial charge >= 0.3 is 0 Å². The minimum absolute atomic E-state index is 0.0725. The third-order valence-corrected chi connectivity index (χ3v) is 5.12. The molecule has 0 aromatic carbocycles. The number of carbonyl (C=O) groups is 1. The standard InChI is InChI=1S/C22H25N5O2/c1-4-20(28)17-5-6-21(24-10-17)26-13-19(14-26)29-22-9-16(7-8-23-22)18-11-25-27(12-18)15(2)3/h5-12,15,19H,4,13-14H2,1-3H3/p+1. The molecule has 1 aliphatic heterocycles. The summed E-state index contributed by atoms with van der Waals surface area (Å²) in [5.41, 5.74) is 2.83. The second-order valence-corrected chi connectivity index (χ2v) is 7.57. The molecule has 1 fully saturated rings. The van der Waals surface area contributed by atoms with E-state index in [4.69, 9.17) is 4.74 Å². The molecule has 29 heavy (non-hydrogen) atoms. The molecule has 150 valence electrons. The summed E-state index contributed by atoms with van der Waals surface area (Å²) in [6.45, 7) is 7.62. The Kier molecular flexibility index (Phi) is 5.29. The van der Waals surface area contributed by atoms with Crippen LogP contribution in [0.4, 0.5) is 5.82 Å². The molecule has 4 heterocycles. The van der Waals surface area contributed by atoms with Gasteiger partial charge in [-0.1, -0.05) is 6.92 Å². The molecule has 4 rings (SSSR count). The smallest absolute Gasteiger partial charge is 0.214 e. The van der Waals surface area contributed by atoms with Gasteiger partial charge in [0.25, 0.3) is 0 Å². The normalized spacial score (nSPS) is 14.1. The van der Waals surface area contributed by atoms with E-state index in [-0.39, 0.29) is 11.9 Å². The van der Waals surface area contributed by atoms with Gasteiger partial charge in [0.05, 0.1) is 24.8 Å². The van der Waals surface area contributed by atoms with Gasteiger partial charge < -0.3 is 9.64 Å². The minimum atomic E-state index is 0.0725. The molecule has 3 aromatic heterocycles. The molecule has 1 N–H and O–H groups in total. The first-order valence-electron chi connectivity index (χ1n) is 10.0. The van der Waals surface area contributed by atoms with E-state index in [0.29, 0.717) is 23.9 Å². The summed E-state index contributed by atoms with van der Waals surface area (Å²) in [4.78, 5) is 22.6. The van der Waals surface area contributed by atoms with Crippen LogP contribution in [-0.4, -0.2) is 40.0 Å². The molecule has 7 heteroatoms. The highest BCUT2D eigenvalue weighted by Gasteiger charge is 2.30. The van der Waals surface area contributed by atoms with E-state index in [1.807, 2.05) is 37.4 Å². The van der Waals surface area contributed by atoms with Crippen molar-refractivity contribution in [2.45, 2.75) is 39.3 Å². The zero-order chi connectivity index (χ0) is 20.4. The summed E-state index contributed by atoms with van der Waals surface area (Å²) >= 11 is 0. The maximum atomic E-state index is 11.7. The van der Waals surface area contributed by atoms with Gasteiger partial charge in [-0.3, -0.25) is 4.79 Å². The van der Waals surface area contributed by atoms with Crippen LogP contribution < -0.4 is 14.3 Å². The van der Waals surface area contributed by atoms with Crippen LogP contribution >= 0.6 is 0 Å². The predicted molar refractivity (Wildman–Crippen MR) is 110 cm³/mol. The average Bonchev–Trinajstić information content (AvgIpc) is 3.21. The monoisotopic (exact) mass is 392 g/mol. The number of aromatic amines is 1. The number of anilines is 1. The number of aromatic nitrogens is 4. The first kappa shape index (κ1) is 19.1. The lowest BCUT2D eigenvalue weighted by molar-refractivity contribution is -0.767. The minimum Gasteiger partial charge on any atom is -0.471 e. The highest BCUT2D eigenvalue weighted by molar-refractivity contribution is 5.95. The zero-order valence-electron chi connectivity index (χ0n) is 17.0. The Hall–Kier alpha value is -3.22. The van der Waals surface area contributed by atoms with Gasteiger partial charge in [-0.05, 0) is 37.6 Å². The number of H-pyrrole nitrogens is 1. The fourth-order valence-corrected chi connectivity index (χ4v) is 3.29. The van der Waals surface area contributed by atoms with Crippen molar-refractivity contribution in [3.8, 4) is 17.0 Å². The summed E-state index contributed by atoms with van der Waals surface area (Å²) in [5.74, 6) is 1.60. The van der Waals surface area contributed by atoms with Crippen molar-refractivity contribution < 1.29 is 14.2 Å². The molecule has 0 amide bonds. The highest BCUT2D eigenvalue weighted by Crippen LogP contribution is 2.25. The molecule has 0 bridgehead atoms. The summed E-state index contributed by atoms with van der Waals surface area (Å²) in [6, 6.07) is 8.07. The number of carbonyl (C=O) groups excluding carboxylic acids is 1. The van der Waals surface area contributed by atoms with Crippen LogP contribution in [-0.2, 0) is 0 Å². The summed E-state index contributed by atoms with van der Waals surface area (Å²) in [7, 11) is 0. The van der Waals surface area contributed by atoms with Crippen LogP contribution in [0.1, 0.15) is 43.6 Å². The number of ketones is 1. The Morgan fingerprint density at radius 3 is 2.76 bits per heavy atom. The number of rotatable bonds is 7. The van der Waals surface area contributed by atoms with E-state index in [0.717, 1.165) is 30.0 Å². The molecule has 0 unspecified atom stereocenters. The third kappa shape index (κ3) is 4.13. The summed E-state index contributed by atoms with van der Waals surface area (Å²) in [6.07, 6.45) is 8.08. The highest BCUT2D eigenvalue weighted by atomic mass is 16.5. The van der Waals surface area contributed by atoms with Gasteiger partial charge in [0.2, 0.25) is 12.1 Å². The van der Waals surface area contributed by atoms with E-state index in [1.54, 1.807) is 12.4 Å². The van der Waals surface area contributed by atoms with Crippen LogP contribution in [0.3, 0.4) is 0 Å². The molecule has 1 aliphatic rings. The molecule has 7 nitrogen and oxygen atoms in total. The average molecular weight is 392 g/mol. The number of hydrogen-bond donors (Lipinski definition) is 1. The number of ether oxygens (including phenoxy) is 1. The number of nitrogens with zero attached hydrogens (tertiary/aromatic N) is 4. The van der Waals surface area contributed by atoms with Crippen molar-refractivity contribution in [1.82, 2.24) is 15.1 Å². The van der Waals surface area contributed by atoms with Gasteiger partial charge in [-0.25, -0.2) is 9.97 Å². The van der Waals surface area contributed by atoms with Gasteiger partial charge in [-0.15, -0.1) is 4.68 Å². The number of pyridine rings is 2. The molecule has 0 aliphatic carbocycles. The maximum Gasteiger partial charge on any atom is 0.214 e. The van der Waals surface area contributed by atoms with Crippen LogP contribution in [0.2, 0.25) is 0 Å². The van der Waals surface area contributed by atoms with Crippen molar-refractivity contribution >= 4 is 11.6 Å². The second kappa shape index (κ2) is 8.03. The third-order valence-electron chi connectivity index (χ3n) is 5.12. The van der Waals surface area contributed by atoms with Crippen LogP contribution in [0.25, 0.3) is 11.1 Å². The van der Waals surface area contributed by atoms with E-state index >= 15 is 0 Å². The Labute approximate surface area is 170 Å². The first-order chi connectivity index (χ1) is 14.0. The van der Waals surface area contributed by atoms with Crippen LogP contribution in [0.15, 0.2) is 49.1 Å². The zero-order valence-corrected chi connectivity index (χ0v) is 17.0. The van der Waals surface area contributed by atoms with Crippen molar-refractivity contribution in [2.24, 2.45) is 0 Å². The lowest BCUT2D eigenvalue weighted by atomic mass is 10.1. The Bertz CT molecular complexity index is 990. The van der Waals surface area contributed by atoms with Gasteiger partial charge in [-0.2, -0.15) is 5.10 Å². The molecule has 1 saturated heterocycles. The SMILES string of the molecule is CCC(=O)c1ccc(N2CC(Oc3cc(-c4c[nH][n+](C(C)C)c4)ccn3)C2)nc1. The number of hydrogen-bond acceptors (Lipinski definition) is 5. The van der Waals surface area contributed by atoms with E-state index in [9.17, 15) is 4.79 Å². The van der Waals surface area contributed by atoms with Crippen molar-refractivity contribution in [3.63, 3.8) is 0 Å². The van der Waals surface area contributed by atoms with Crippen molar-refractivity contribution in [1.29, 1.82) is 0 Å². The Balaban J connectivity index is 1.36. The molecule has 0 radical (unpaired) electrons. The number of Topliss-reactive ketones (excluding diaryl/α,β-unsaturated/α-hetero) is 1. The maximum absolute atomic E-state index is 11.7. The van der Waals surface area contributed by atoms with Gasteiger partial charge in [0.15, 0.2) is 11.8 Å². The lowest BCUT2D eigenvalue weighted by Crippen LogP contribution is -2.54. The van der Waals surface area contributed by atoms with Crippen molar-refractivity contribution in [2.75, 3.05) is 18.0 Å². The molecular formula is C22H26N5O2+. The fourth-order valence-electron chi connectivity index (χ4n) is 3.29. The second-order valence-electron chi connectivity index (χ2n) is 7.57. The predicted octanol–water partition coefficient (Wildman–Crippen LogP) is 3.20. The summed E-state index contributed by atoms with van der Waals surface area (Å²) in [5, 5.41) is 3.25. The largest absolute Gasteiger partial charge is 0.471 e. The Morgan fingerprint density at radius 2 is 2.10 bits per heavy atom. The molecule has 0 atom stereocenters. The topological polar surface area (TPSA) is 75.0 Å². The Morgan fingerprint density at radius 1 is 1.28 bits per heavy atom. The van der Waals surface area contributed by atoms with Crippen molar-refractivity contribution in [3.05, 3.63) is 54.6 Å². The first-order valence-corrected chi connectivity index (χ1v) is 10.0.